The summed E-state index contributed by atoms with van der Waals surface area (Å²) >= 11 is 6.02. The maximum atomic E-state index is 9.28. The van der Waals surface area contributed by atoms with E-state index in [4.69, 9.17) is 16.7 Å². The van der Waals surface area contributed by atoms with Crippen molar-refractivity contribution in [1.29, 1.82) is 0 Å². The highest BCUT2D eigenvalue weighted by Crippen LogP contribution is 2.27. The number of aliphatic hydroxyl groups excluding tert-OH is 2. The molecule has 0 aliphatic rings. The summed E-state index contributed by atoms with van der Waals surface area (Å²) in [6.45, 7) is 3.89. The van der Waals surface area contributed by atoms with Gasteiger partial charge in [-0.25, -0.2) is 0 Å². The molecule has 90 valence electrons. The van der Waals surface area contributed by atoms with E-state index in [1.54, 1.807) is 12.1 Å². The number of anilines is 1. The molecule has 0 atom stereocenters. The Bertz CT molecular complexity index is 366. The first-order chi connectivity index (χ1) is 7.42. The molecule has 2 N–H and O–H groups in total. The van der Waals surface area contributed by atoms with Crippen LogP contribution in [0.4, 0.5) is 5.69 Å². The fourth-order valence-electron chi connectivity index (χ4n) is 1.33. The van der Waals surface area contributed by atoms with Crippen LogP contribution in [0.2, 0.25) is 5.02 Å². The lowest BCUT2D eigenvalue weighted by molar-refractivity contribution is 0.216. The molecule has 0 heterocycles. The molecule has 1 rings (SSSR count). The fraction of sp³-hybridized carbons (Fsp3) is 0.500. The lowest BCUT2D eigenvalue weighted by Gasteiger charge is -2.36. The monoisotopic (exact) mass is 243 g/mol. The standard InChI is InChI=1S/C12H18ClNO2/c1-12(2,8-16)14(3)10-5-4-9(7-15)11(13)6-10/h4-6,15-16H,7-8H2,1-3H3. The first-order valence-corrected chi connectivity index (χ1v) is 5.54. The number of halogens is 1. The lowest BCUT2D eigenvalue weighted by Crippen LogP contribution is -2.44. The number of nitrogens with zero attached hydrogens (tertiary/aromatic N) is 1. The van der Waals surface area contributed by atoms with E-state index in [0.717, 1.165) is 5.69 Å². The zero-order chi connectivity index (χ0) is 12.3. The summed E-state index contributed by atoms with van der Waals surface area (Å²) in [5.41, 5.74) is 1.28. The van der Waals surface area contributed by atoms with E-state index in [1.807, 2.05) is 31.9 Å². The van der Waals surface area contributed by atoms with Gasteiger partial charge in [-0.05, 0) is 31.5 Å². The number of aliphatic hydroxyl groups is 2. The van der Waals surface area contributed by atoms with Gasteiger partial charge < -0.3 is 15.1 Å². The molecule has 0 fully saturated rings. The van der Waals surface area contributed by atoms with E-state index in [-0.39, 0.29) is 18.8 Å². The van der Waals surface area contributed by atoms with Crippen molar-refractivity contribution in [3.8, 4) is 0 Å². The van der Waals surface area contributed by atoms with Crippen LogP contribution in [0.15, 0.2) is 18.2 Å². The van der Waals surface area contributed by atoms with E-state index in [9.17, 15) is 5.11 Å². The number of benzene rings is 1. The molecule has 0 aliphatic heterocycles. The second kappa shape index (κ2) is 5.04. The molecule has 0 radical (unpaired) electrons. The van der Waals surface area contributed by atoms with Gasteiger partial charge in [0.15, 0.2) is 0 Å². The minimum Gasteiger partial charge on any atom is -0.394 e. The Labute approximate surface area is 101 Å². The molecule has 0 amide bonds. The lowest BCUT2D eigenvalue weighted by atomic mass is 10.0. The highest BCUT2D eigenvalue weighted by atomic mass is 35.5. The Morgan fingerprint density at radius 3 is 2.38 bits per heavy atom. The third kappa shape index (κ3) is 2.67. The van der Waals surface area contributed by atoms with E-state index < -0.39 is 0 Å². The zero-order valence-electron chi connectivity index (χ0n) is 9.87. The molecule has 0 saturated heterocycles. The summed E-state index contributed by atoms with van der Waals surface area (Å²) in [5, 5.41) is 18.8. The maximum absolute atomic E-state index is 9.28. The normalized spacial score (nSPS) is 11.6. The van der Waals surface area contributed by atoms with Crippen molar-refractivity contribution < 1.29 is 10.2 Å². The van der Waals surface area contributed by atoms with E-state index in [1.165, 1.54) is 0 Å². The van der Waals surface area contributed by atoms with Gasteiger partial charge in [-0.15, -0.1) is 0 Å². The van der Waals surface area contributed by atoms with Gasteiger partial charge in [0, 0.05) is 17.8 Å². The van der Waals surface area contributed by atoms with Crippen molar-refractivity contribution in [3.05, 3.63) is 28.8 Å². The molecular weight excluding hydrogens is 226 g/mol. The van der Waals surface area contributed by atoms with E-state index in [0.29, 0.717) is 10.6 Å². The molecule has 0 saturated carbocycles. The van der Waals surface area contributed by atoms with Gasteiger partial charge in [0.2, 0.25) is 0 Å². The van der Waals surface area contributed by atoms with E-state index in [2.05, 4.69) is 0 Å². The van der Waals surface area contributed by atoms with Crippen LogP contribution in [-0.4, -0.2) is 29.4 Å². The summed E-state index contributed by atoms with van der Waals surface area (Å²) < 4.78 is 0. The smallest absolute Gasteiger partial charge is 0.0696 e. The number of rotatable bonds is 4. The van der Waals surface area contributed by atoms with Crippen molar-refractivity contribution in [2.45, 2.75) is 26.0 Å². The molecule has 4 heteroatoms. The van der Waals surface area contributed by atoms with Crippen molar-refractivity contribution in [3.63, 3.8) is 0 Å². The number of hydrogen-bond acceptors (Lipinski definition) is 3. The third-order valence-corrected chi connectivity index (χ3v) is 3.24. The average molecular weight is 244 g/mol. The quantitative estimate of drug-likeness (QED) is 0.851. The fourth-order valence-corrected chi connectivity index (χ4v) is 1.56. The Balaban J connectivity index is 3.02. The van der Waals surface area contributed by atoms with Gasteiger partial charge in [-0.3, -0.25) is 0 Å². The molecule has 0 aromatic heterocycles. The summed E-state index contributed by atoms with van der Waals surface area (Å²) in [6.07, 6.45) is 0. The highest BCUT2D eigenvalue weighted by Gasteiger charge is 2.23. The van der Waals surface area contributed by atoms with Gasteiger partial charge in [0.05, 0.1) is 18.8 Å². The minimum atomic E-state index is -0.343. The van der Waals surface area contributed by atoms with Gasteiger partial charge in [0.1, 0.15) is 0 Å². The van der Waals surface area contributed by atoms with Crippen LogP contribution >= 0.6 is 11.6 Å². The van der Waals surface area contributed by atoms with Gasteiger partial charge in [-0.2, -0.15) is 0 Å². The second-order valence-electron chi connectivity index (χ2n) is 4.46. The second-order valence-corrected chi connectivity index (χ2v) is 4.87. The van der Waals surface area contributed by atoms with Crippen molar-refractivity contribution in [2.24, 2.45) is 0 Å². The van der Waals surface area contributed by atoms with E-state index >= 15 is 0 Å². The molecule has 0 aliphatic carbocycles. The predicted molar refractivity (Wildman–Crippen MR) is 66.9 cm³/mol. The predicted octanol–water partition coefficient (Wildman–Crippen LogP) is 2.04. The SMILES string of the molecule is CN(c1ccc(CO)c(Cl)c1)C(C)(C)CO. The highest BCUT2D eigenvalue weighted by molar-refractivity contribution is 6.31. The van der Waals surface area contributed by atoms with Gasteiger partial charge in [-0.1, -0.05) is 17.7 Å². The summed E-state index contributed by atoms with van der Waals surface area (Å²) in [6, 6.07) is 5.47. The topological polar surface area (TPSA) is 43.7 Å². The van der Waals surface area contributed by atoms with Crippen LogP contribution in [0.5, 0.6) is 0 Å². The molecular formula is C12H18ClNO2. The molecule has 1 aromatic rings. The Hall–Kier alpha value is -0.770. The summed E-state index contributed by atoms with van der Waals surface area (Å²) in [4.78, 5) is 1.96. The first-order valence-electron chi connectivity index (χ1n) is 5.16. The Kier molecular flexibility index (Phi) is 4.19. The Morgan fingerprint density at radius 2 is 1.94 bits per heavy atom. The summed E-state index contributed by atoms with van der Waals surface area (Å²) in [5.74, 6) is 0. The van der Waals surface area contributed by atoms with Crippen LogP contribution in [0, 0.1) is 0 Å². The number of hydrogen-bond donors (Lipinski definition) is 2. The van der Waals surface area contributed by atoms with Crippen LogP contribution in [0.1, 0.15) is 19.4 Å². The third-order valence-electron chi connectivity index (χ3n) is 2.89. The summed E-state index contributed by atoms with van der Waals surface area (Å²) in [7, 11) is 1.90. The Morgan fingerprint density at radius 1 is 1.31 bits per heavy atom. The molecule has 0 bridgehead atoms. The maximum Gasteiger partial charge on any atom is 0.0696 e. The van der Waals surface area contributed by atoms with Crippen LogP contribution < -0.4 is 4.90 Å². The molecule has 16 heavy (non-hydrogen) atoms. The van der Waals surface area contributed by atoms with Crippen LogP contribution in [0.3, 0.4) is 0 Å². The first kappa shape index (κ1) is 13.3. The molecule has 1 aromatic carbocycles. The average Bonchev–Trinajstić information content (AvgIpc) is 2.27. The van der Waals surface area contributed by atoms with Crippen LogP contribution in [0.25, 0.3) is 0 Å². The van der Waals surface area contributed by atoms with Gasteiger partial charge >= 0.3 is 0 Å². The van der Waals surface area contributed by atoms with Crippen molar-refractivity contribution in [2.75, 3.05) is 18.6 Å². The van der Waals surface area contributed by atoms with Crippen molar-refractivity contribution >= 4 is 17.3 Å². The molecule has 3 nitrogen and oxygen atoms in total. The van der Waals surface area contributed by atoms with Crippen LogP contribution in [-0.2, 0) is 6.61 Å². The minimum absolute atomic E-state index is 0.0584. The van der Waals surface area contributed by atoms with Gasteiger partial charge in [0.25, 0.3) is 0 Å². The number of likely N-dealkylation sites (N-methyl/N-ethyl adjacent to an activating group) is 1. The zero-order valence-corrected chi connectivity index (χ0v) is 10.6. The molecule has 0 spiro atoms. The molecule has 0 unspecified atom stereocenters. The van der Waals surface area contributed by atoms with Crippen molar-refractivity contribution in [1.82, 2.24) is 0 Å². The largest absolute Gasteiger partial charge is 0.394 e.